The van der Waals surface area contributed by atoms with Crippen molar-refractivity contribution in [3.8, 4) is 5.75 Å². The van der Waals surface area contributed by atoms with E-state index in [1.54, 1.807) is 18.2 Å². The molecule has 0 aliphatic carbocycles. The van der Waals surface area contributed by atoms with Crippen molar-refractivity contribution in [2.45, 2.75) is 31.4 Å². The number of nitrogens with zero attached hydrogens (tertiary/aromatic N) is 3. The Labute approximate surface area is 171 Å². The molecule has 2 unspecified atom stereocenters. The number of fused-ring (bicyclic) bond motifs is 1. The van der Waals surface area contributed by atoms with Crippen LogP contribution in [0.15, 0.2) is 42.5 Å². The van der Waals surface area contributed by atoms with Crippen LogP contribution in [0.25, 0.3) is 0 Å². The Kier molecular flexibility index (Phi) is 4.68. The third kappa shape index (κ3) is 3.47. The molecule has 2 fully saturated rings. The summed E-state index contributed by atoms with van der Waals surface area (Å²) in [6, 6.07) is 13.8. The minimum Gasteiger partial charge on any atom is -0.508 e. The third-order valence-corrected chi connectivity index (χ3v) is 6.57. The predicted octanol–water partition coefficient (Wildman–Crippen LogP) is 2.24. The normalized spacial score (nSPS) is 24.9. The molecule has 1 amide bonds. The predicted molar refractivity (Wildman–Crippen MR) is 113 cm³/mol. The largest absolute Gasteiger partial charge is 0.508 e. The van der Waals surface area contributed by atoms with E-state index in [0.29, 0.717) is 18.2 Å². The molecular formula is C23H27N3O3. The standard InChI is InChI=1S/C23H27N3O3/c27-20-5-6-22-16(13-20)7-12-26(23(22)29)18-3-1-17(2-4-18)24-10-8-19(14-24)25-11-9-21(28)15-25/h1-6,13,19,21,27-28H,7-12,14-15H2. The average Bonchev–Trinajstić information content (AvgIpc) is 3.37. The summed E-state index contributed by atoms with van der Waals surface area (Å²) in [6.45, 7) is 4.43. The Morgan fingerprint density at radius 3 is 2.45 bits per heavy atom. The van der Waals surface area contributed by atoms with Gasteiger partial charge in [0, 0.05) is 55.7 Å². The molecule has 3 aliphatic heterocycles. The van der Waals surface area contributed by atoms with E-state index in [4.69, 9.17) is 0 Å². The number of aromatic hydroxyl groups is 1. The molecule has 0 saturated carbocycles. The quantitative estimate of drug-likeness (QED) is 0.837. The van der Waals surface area contributed by atoms with Crippen LogP contribution < -0.4 is 9.80 Å². The fraction of sp³-hybridized carbons (Fsp3) is 0.435. The van der Waals surface area contributed by atoms with Gasteiger partial charge in [-0.25, -0.2) is 0 Å². The number of anilines is 2. The number of aliphatic hydroxyl groups is 1. The number of β-amino-alcohol motifs (C(OH)–C–C–N with tert-alkyl or cyclic N) is 1. The summed E-state index contributed by atoms with van der Waals surface area (Å²) in [4.78, 5) is 19.5. The number of hydrogen-bond acceptors (Lipinski definition) is 5. The Morgan fingerprint density at radius 2 is 1.69 bits per heavy atom. The van der Waals surface area contributed by atoms with Crippen molar-refractivity contribution in [3.63, 3.8) is 0 Å². The van der Waals surface area contributed by atoms with Gasteiger partial charge in [0.2, 0.25) is 0 Å². The van der Waals surface area contributed by atoms with Gasteiger partial charge in [-0.2, -0.15) is 0 Å². The number of rotatable bonds is 3. The maximum atomic E-state index is 12.9. The highest BCUT2D eigenvalue weighted by Gasteiger charge is 2.32. The number of carbonyl (C=O) groups excluding carboxylic acids is 1. The van der Waals surface area contributed by atoms with Crippen molar-refractivity contribution in [2.75, 3.05) is 42.5 Å². The lowest BCUT2D eigenvalue weighted by Gasteiger charge is -2.29. The van der Waals surface area contributed by atoms with Crippen LogP contribution in [0.5, 0.6) is 5.75 Å². The smallest absolute Gasteiger partial charge is 0.258 e. The molecule has 6 heteroatoms. The van der Waals surface area contributed by atoms with Gasteiger partial charge in [-0.15, -0.1) is 0 Å². The summed E-state index contributed by atoms with van der Waals surface area (Å²) in [7, 11) is 0. The van der Waals surface area contributed by atoms with Gasteiger partial charge in [-0.1, -0.05) is 0 Å². The zero-order chi connectivity index (χ0) is 20.0. The van der Waals surface area contributed by atoms with E-state index in [-0.39, 0.29) is 17.8 Å². The number of carbonyl (C=O) groups is 1. The number of phenolic OH excluding ortho intramolecular Hbond substituents is 1. The molecular weight excluding hydrogens is 366 g/mol. The van der Waals surface area contributed by atoms with Crippen molar-refractivity contribution in [1.82, 2.24) is 4.90 Å². The van der Waals surface area contributed by atoms with E-state index in [0.717, 1.165) is 56.7 Å². The maximum Gasteiger partial charge on any atom is 0.258 e. The lowest BCUT2D eigenvalue weighted by atomic mass is 9.98. The number of aliphatic hydroxyl groups excluding tert-OH is 1. The first-order valence-corrected chi connectivity index (χ1v) is 10.5. The van der Waals surface area contributed by atoms with E-state index < -0.39 is 0 Å². The van der Waals surface area contributed by atoms with E-state index >= 15 is 0 Å². The van der Waals surface area contributed by atoms with Gasteiger partial charge in [0.05, 0.1) is 6.10 Å². The molecule has 6 nitrogen and oxygen atoms in total. The molecule has 2 N–H and O–H groups in total. The lowest BCUT2D eigenvalue weighted by Crippen LogP contribution is -2.37. The van der Waals surface area contributed by atoms with Crippen molar-refractivity contribution < 1.29 is 15.0 Å². The second-order valence-electron chi connectivity index (χ2n) is 8.39. The van der Waals surface area contributed by atoms with Gasteiger partial charge in [0.15, 0.2) is 0 Å². The van der Waals surface area contributed by atoms with Gasteiger partial charge in [-0.05, 0) is 67.3 Å². The van der Waals surface area contributed by atoms with Crippen LogP contribution in [0.2, 0.25) is 0 Å². The van der Waals surface area contributed by atoms with Gasteiger partial charge in [-0.3, -0.25) is 9.69 Å². The SMILES string of the molecule is O=C1c2ccc(O)cc2CCN1c1ccc(N2CCC(N3CCC(O)C3)C2)cc1. The van der Waals surface area contributed by atoms with E-state index in [1.807, 2.05) is 17.0 Å². The second kappa shape index (κ2) is 7.35. The fourth-order valence-corrected chi connectivity index (χ4v) is 4.94. The number of benzene rings is 2. The molecule has 0 bridgehead atoms. The molecule has 29 heavy (non-hydrogen) atoms. The Balaban J connectivity index is 1.27. The summed E-state index contributed by atoms with van der Waals surface area (Å²) in [5.41, 5.74) is 3.69. The van der Waals surface area contributed by atoms with Crippen LogP contribution in [-0.2, 0) is 6.42 Å². The van der Waals surface area contributed by atoms with Gasteiger partial charge < -0.3 is 20.0 Å². The van der Waals surface area contributed by atoms with Crippen molar-refractivity contribution >= 4 is 17.3 Å². The van der Waals surface area contributed by atoms with E-state index in [2.05, 4.69) is 21.9 Å². The molecule has 2 aromatic carbocycles. The highest BCUT2D eigenvalue weighted by atomic mass is 16.3. The molecule has 2 aromatic rings. The summed E-state index contributed by atoms with van der Waals surface area (Å²) in [5, 5.41) is 19.4. The third-order valence-electron chi connectivity index (χ3n) is 6.57. The van der Waals surface area contributed by atoms with Gasteiger partial charge in [0.25, 0.3) is 5.91 Å². The average molecular weight is 393 g/mol. The maximum absolute atomic E-state index is 12.9. The zero-order valence-corrected chi connectivity index (χ0v) is 16.5. The Morgan fingerprint density at radius 1 is 0.897 bits per heavy atom. The first kappa shape index (κ1) is 18.5. The monoisotopic (exact) mass is 393 g/mol. The summed E-state index contributed by atoms with van der Waals surface area (Å²) >= 11 is 0. The van der Waals surface area contributed by atoms with E-state index in [1.165, 1.54) is 5.69 Å². The Bertz CT molecular complexity index is 914. The van der Waals surface area contributed by atoms with Gasteiger partial charge in [0.1, 0.15) is 5.75 Å². The first-order valence-electron chi connectivity index (χ1n) is 10.5. The van der Waals surface area contributed by atoms with Crippen LogP contribution in [-0.4, -0.2) is 65.9 Å². The molecule has 3 heterocycles. The number of phenols is 1. The van der Waals surface area contributed by atoms with Crippen LogP contribution in [0.4, 0.5) is 11.4 Å². The molecule has 2 atom stereocenters. The van der Waals surface area contributed by atoms with Crippen LogP contribution >= 0.6 is 0 Å². The van der Waals surface area contributed by atoms with Gasteiger partial charge >= 0.3 is 0 Å². The van der Waals surface area contributed by atoms with Crippen LogP contribution in [0.1, 0.15) is 28.8 Å². The summed E-state index contributed by atoms with van der Waals surface area (Å²) in [5.74, 6) is 0.203. The minimum atomic E-state index is -0.167. The van der Waals surface area contributed by atoms with E-state index in [9.17, 15) is 15.0 Å². The lowest BCUT2D eigenvalue weighted by molar-refractivity contribution is 0.0980. The van der Waals surface area contributed by atoms with Crippen molar-refractivity contribution in [3.05, 3.63) is 53.6 Å². The molecule has 3 aliphatic rings. The molecule has 5 rings (SSSR count). The highest BCUT2D eigenvalue weighted by molar-refractivity contribution is 6.08. The molecule has 0 radical (unpaired) electrons. The topological polar surface area (TPSA) is 67.2 Å². The summed E-state index contributed by atoms with van der Waals surface area (Å²) in [6.07, 6.45) is 2.59. The first-order chi connectivity index (χ1) is 14.1. The fourth-order valence-electron chi connectivity index (χ4n) is 4.94. The zero-order valence-electron chi connectivity index (χ0n) is 16.5. The van der Waals surface area contributed by atoms with Crippen LogP contribution in [0, 0.1) is 0 Å². The number of hydrogen-bond donors (Lipinski definition) is 2. The second-order valence-corrected chi connectivity index (χ2v) is 8.39. The molecule has 0 spiro atoms. The minimum absolute atomic E-state index is 0.00664. The molecule has 152 valence electrons. The number of likely N-dealkylation sites (tertiary alicyclic amines) is 1. The summed E-state index contributed by atoms with van der Waals surface area (Å²) < 4.78 is 0. The van der Waals surface area contributed by atoms with Crippen molar-refractivity contribution in [1.29, 1.82) is 0 Å². The molecule has 2 saturated heterocycles. The van der Waals surface area contributed by atoms with Crippen molar-refractivity contribution in [2.24, 2.45) is 0 Å². The molecule has 0 aromatic heterocycles. The Hall–Kier alpha value is -2.57. The van der Waals surface area contributed by atoms with Crippen LogP contribution in [0.3, 0.4) is 0 Å². The number of amides is 1. The highest BCUT2D eigenvalue weighted by Crippen LogP contribution is 2.30.